The number of amides is 13. The molecule has 2 aromatic rings. The van der Waals surface area contributed by atoms with Gasteiger partial charge in [0.15, 0.2) is 6.19 Å². The number of benzene rings is 2. The summed E-state index contributed by atoms with van der Waals surface area (Å²) in [6.07, 6.45) is 1.00. The monoisotopic (exact) mass is 2000 g/mol. The first kappa shape index (κ1) is 147. The van der Waals surface area contributed by atoms with Crippen molar-refractivity contribution < 1.29 is 100 Å². The van der Waals surface area contributed by atoms with E-state index in [0.717, 1.165) is 46.7 Å². The van der Waals surface area contributed by atoms with E-state index in [4.69, 9.17) is 34.7 Å². The van der Waals surface area contributed by atoms with Crippen molar-refractivity contribution in [3.8, 4) is 11.9 Å². The van der Waals surface area contributed by atoms with Crippen molar-refractivity contribution in [3.63, 3.8) is 0 Å². The van der Waals surface area contributed by atoms with Crippen LogP contribution in [0.25, 0.3) is 0 Å². The predicted octanol–water partition coefficient (Wildman–Crippen LogP) is 12.7. The zero-order valence-electron chi connectivity index (χ0n) is 92.0. The van der Waals surface area contributed by atoms with Crippen LogP contribution < -0.4 is 74.3 Å². The number of guanidine groups is 1. The topological polar surface area (TPSA) is 548 Å². The van der Waals surface area contributed by atoms with Gasteiger partial charge in [-0.05, 0) is 305 Å². The number of ether oxygens (including phenoxy) is 5. The van der Waals surface area contributed by atoms with Crippen molar-refractivity contribution in [3.05, 3.63) is 63.2 Å². The molecule has 0 aromatic heterocycles. The number of nitriles is 1. The zero-order chi connectivity index (χ0) is 110. The number of nitrogens with two attached hydrogens (primary N) is 1. The maximum atomic E-state index is 12.0. The van der Waals surface area contributed by atoms with Crippen LogP contribution in [0.1, 0.15) is 330 Å². The van der Waals surface area contributed by atoms with Gasteiger partial charge in [0.05, 0.1) is 19.0 Å². The molecule has 0 spiro atoms. The van der Waals surface area contributed by atoms with Gasteiger partial charge in [0, 0.05) is 163 Å². The van der Waals surface area contributed by atoms with Crippen LogP contribution in [0.4, 0.5) is 19.2 Å². The molecule has 1 heterocycles. The molecule has 812 valence electrons. The molecule has 40 nitrogen and oxygen atoms in total. The first-order chi connectivity index (χ1) is 63.4. The van der Waals surface area contributed by atoms with Gasteiger partial charge in [0.1, 0.15) is 28.3 Å². The van der Waals surface area contributed by atoms with Crippen LogP contribution in [0.5, 0.6) is 5.75 Å². The van der Waals surface area contributed by atoms with Crippen LogP contribution in [0.3, 0.4) is 0 Å². The minimum absolute atomic E-state index is 0. The quantitative estimate of drug-likeness (QED) is 0.00550. The molecule has 0 radical (unpaired) electrons. The number of Topliss-reactive ketones (excluding diaryl/α,β-unsaturated/α-hetero) is 3. The first-order valence-corrected chi connectivity index (χ1v) is 47.0. The number of nitrogens with zero attached hydrogens (tertiary/aromatic N) is 6. The SMILES string of the molecule is C.C.CC(=O)CCC(=O)NC(C)C.CC(C)N=C(NC(=O)OC(C)(C)C)NC(=O)OC(C)(C)C.CC(C)NC#N.CC(C)NC(=O)C(=O)N1CCN(C)CC1.CC(C)NC(=O)CCC(=O)N(C)C.CC(C)NC(=O)CCC(=O)NC(C)C.CC(C)OC(=O)NCCNC(=O)OC(C)(C)C.CC(N)=NC(C)C.COc1c(C)cc(C(=O)C(=O)NC(C)C)cc1C.Cc1cc(C)c(C(=O)C(=O)NC(C)C)c(C)c1. The number of hydrogen-bond acceptors (Lipinski definition) is 26. The van der Waals surface area contributed by atoms with Gasteiger partial charge in [0.25, 0.3) is 17.6 Å². The minimum Gasteiger partial charge on any atom is -0.496 e. The Kier molecular flexibility index (Phi) is 81.8. The lowest BCUT2D eigenvalue weighted by molar-refractivity contribution is -0.147. The number of amidine groups is 1. The molecule has 1 aliphatic heterocycles. The van der Waals surface area contributed by atoms with Crippen molar-refractivity contribution in [2.75, 3.05) is 67.5 Å². The fourth-order valence-corrected chi connectivity index (χ4v) is 10.4. The van der Waals surface area contributed by atoms with E-state index in [-0.39, 0.29) is 142 Å². The number of rotatable bonds is 28. The number of likely N-dealkylation sites (N-methyl/N-ethyl adjacent to an activating group) is 1. The van der Waals surface area contributed by atoms with Gasteiger partial charge in [-0.25, -0.2) is 24.2 Å². The highest BCUT2D eigenvalue weighted by molar-refractivity contribution is 6.44. The standard InChI is InChI=1S/C14H27N3O4.C14H19NO3.C14H19NO2.C11H22N2O4.C10H19N3O2.C10H20N2O2.C9H18N2O2.C8H15NO2.C5H12N2.C4H8N2.2CH4/c1-9(2)15-10(16-11(18)20-13(3,4)5)17-12(19)21-14(6,7)8;1-8(2)15-14(17)12(16)11-6-9(3)13(18-5)10(4)7-11;1-8(2)15-14(17)13(16)12-10(4)6-9(3)7-11(12)5;1-8(2)16-9(14)12-6-7-13-10(15)17-11(3,4)5;1-8(2)11-9(14)10(15)13-6-4-12(3)5-7-13;1-7(2)11-9(13)5-6-10(14)12-8(3)4;1-7(2)10-8(12)5-6-9(13)11(3)4;1-6(2)9-8(11)5-4-7(3)10;1-4(2)7-5(3)6;1-4(2)6-3-5;;/h9H,1-8H3,(H2,15,16,17,18,19);6-8H,1-5H3,(H,15,17);6-8H,1-5H3,(H,15,17);8H,6-7H2,1-5H3,(H,12,14)(H,13,15);8H,4-7H2,1-3H3,(H,11,14);7-8H,5-6H2,1-4H3,(H,11,13)(H,12,14);7H,5-6H2,1-4H3,(H,10,12);6H,4-5H2,1-3H3,(H,9,11);4H,1-3H3,(H2,6,7);4,6H,1-2H3;2*1H4. The largest absolute Gasteiger partial charge is 0.496 e. The summed E-state index contributed by atoms with van der Waals surface area (Å²) in [5.74, 6) is -1.78. The molecule has 1 fully saturated rings. The lowest BCUT2D eigenvalue weighted by Gasteiger charge is -2.32. The lowest BCUT2D eigenvalue weighted by Crippen LogP contribution is -2.52. The van der Waals surface area contributed by atoms with E-state index >= 15 is 0 Å². The molecule has 40 heteroatoms. The van der Waals surface area contributed by atoms with Gasteiger partial charge in [-0.2, -0.15) is 5.26 Å². The lowest BCUT2D eigenvalue weighted by atomic mass is 9.96. The summed E-state index contributed by atoms with van der Waals surface area (Å²) in [6.45, 7) is 73.1. The normalized spacial score (nSPS) is 11.2. The number of ketones is 3. The molecule has 0 aliphatic carbocycles. The third-order valence-corrected chi connectivity index (χ3v) is 15.5. The summed E-state index contributed by atoms with van der Waals surface area (Å²) >= 11 is 0. The smallest absolute Gasteiger partial charge is 0.414 e. The predicted molar refractivity (Wildman–Crippen MR) is 561 cm³/mol. The van der Waals surface area contributed by atoms with Crippen LogP contribution in [0.2, 0.25) is 0 Å². The minimum atomic E-state index is -0.696. The Morgan fingerprint density at radius 1 is 0.440 bits per heavy atom. The molecule has 0 unspecified atom stereocenters. The number of carbonyl (C=O) groups is 16. The second kappa shape index (κ2) is 78.6. The average molecular weight is 2000 g/mol. The molecule has 0 atom stereocenters. The summed E-state index contributed by atoms with van der Waals surface area (Å²) in [5, 5.41) is 38.9. The van der Waals surface area contributed by atoms with E-state index in [1.165, 1.54) is 11.8 Å². The Hall–Kier alpha value is -12.1. The number of alkyl carbamates (subject to hydrolysis) is 4. The van der Waals surface area contributed by atoms with E-state index in [1.807, 2.05) is 198 Å². The van der Waals surface area contributed by atoms with Crippen molar-refractivity contribution >= 4 is 107 Å². The zero-order valence-corrected chi connectivity index (χ0v) is 92.0. The summed E-state index contributed by atoms with van der Waals surface area (Å²) < 4.78 is 25.3. The third kappa shape index (κ3) is 92.7. The highest BCUT2D eigenvalue weighted by Crippen LogP contribution is 2.25. The van der Waals surface area contributed by atoms with Gasteiger partial charge >= 0.3 is 36.2 Å². The summed E-state index contributed by atoms with van der Waals surface area (Å²) in [4.78, 5) is 195. The van der Waals surface area contributed by atoms with E-state index < -0.39 is 76.4 Å². The average Bonchev–Trinajstić information content (AvgIpc) is 0.825. The second-order valence-corrected chi connectivity index (χ2v) is 38.8. The Morgan fingerprint density at radius 3 is 1.05 bits per heavy atom. The molecule has 14 N–H and O–H groups in total. The van der Waals surface area contributed by atoms with E-state index in [1.54, 1.807) is 121 Å². The molecule has 141 heavy (non-hydrogen) atoms. The van der Waals surface area contributed by atoms with E-state index in [0.29, 0.717) is 62.0 Å². The Bertz CT molecular complexity index is 4090. The Labute approximate surface area is 845 Å². The number of aryl methyl sites for hydroxylation is 5. The van der Waals surface area contributed by atoms with Crippen LogP contribution in [0, 0.1) is 46.1 Å². The molecule has 3 rings (SSSR count). The number of hydrogen-bond donors (Lipinski definition) is 13. The molecule has 0 saturated carbocycles. The van der Waals surface area contributed by atoms with Crippen LogP contribution >= 0.6 is 0 Å². The van der Waals surface area contributed by atoms with Crippen LogP contribution in [-0.2, 0) is 66.9 Å². The molecule has 2 aromatic carbocycles. The second-order valence-electron chi connectivity index (χ2n) is 38.8. The molecule has 1 aliphatic rings. The van der Waals surface area contributed by atoms with Gasteiger partial charge in [-0.1, -0.05) is 32.5 Å². The van der Waals surface area contributed by atoms with Crippen molar-refractivity contribution in [2.45, 2.75) is 400 Å². The maximum absolute atomic E-state index is 12.0. The molecule has 1 saturated heterocycles. The van der Waals surface area contributed by atoms with Crippen molar-refractivity contribution in [2.24, 2.45) is 15.7 Å². The number of carbonyl (C=O) groups excluding carboxylic acids is 16. The van der Waals surface area contributed by atoms with Crippen LogP contribution in [0.15, 0.2) is 34.3 Å². The number of nitrogens with one attached hydrogen (secondary N) is 12. The number of methoxy groups -OCH3 is 1. The van der Waals surface area contributed by atoms with E-state index in [9.17, 15) is 76.7 Å². The highest BCUT2D eigenvalue weighted by Gasteiger charge is 2.28. The molecular weight excluding hydrogens is 1820 g/mol. The third-order valence-electron chi connectivity index (χ3n) is 15.5. The molecular formula is C101H187N19O21. The van der Waals surface area contributed by atoms with Gasteiger partial charge in [-0.3, -0.25) is 68.4 Å². The van der Waals surface area contributed by atoms with Gasteiger partial charge in [0.2, 0.25) is 41.3 Å². The number of piperazine rings is 1. The highest BCUT2D eigenvalue weighted by atomic mass is 16.6. The summed E-state index contributed by atoms with van der Waals surface area (Å²) in [5.41, 5.74) is 8.85. The van der Waals surface area contributed by atoms with Gasteiger partial charge in [-0.15, -0.1) is 0 Å². The summed E-state index contributed by atoms with van der Waals surface area (Å²) in [7, 11) is 6.96. The fourth-order valence-electron chi connectivity index (χ4n) is 10.4. The van der Waals surface area contributed by atoms with Crippen LogP contribution in [-0.4, -0.2) is 272 Å². The van der Waals surface area contributed by atoms with Gasteiger partial charge < -0.3 is 102 Å². The molecule has 13 amide bonds. The fraction of sp³-hybridized carbons (Fsp3) is 0.693. The molecule has 0 bridgehead atoms. The Morgan fingerprint density at radius 2 is 0.766 bits per heavy atom. The summed E-state index contributed by atoms with van der Waals surface area (Å²) in [6, 6.07) is 8.19. The first-order valence-electron chi connectivity index (χ1n) is 47.0. The maximum Gasteiger partial charge on any atom is 0.414 e. The van der Waals surface area contributed by atoms with E-state index in [2.05, 4.69) is 78.7 Å². The van der Waals surface area contributed by atoms with Crippen molar-refractivity contribution in [1.82, 2.24) is 78.5 Å². The Balaban J connectivity index is -0.000000199. The van der Waals surface area contributed by atoms with Crippen molar-refractivity contribution in [1.29, 1.82) is 5.26 Å². The number of aliphatic imine (C=N–C) groups is 2.